The molecule has 0 aromatic heterocycles. The zero-order valence-corrected chi connectivity index (χ0v) is 20.9. The lowest BCUT2D eigenvalue weighted by Crippen LogP contribution is -2.29. The van der Waals surface area contributed by atoms with E-state index in [1.807, 2.05) is 12.1 Å². The second-order valence-electron chi connectivity index (χ2n) is 10.1. The maximum absolute atomic E-state index is 11.7. The predicted octanol–water partition coefficient (Wildman–Crippen LogP) is 4.40. The third kappa shape index (κ3) is 4.58. The van der Waals surface area contributed by atoms with Gasteiger partial charge in [-0.05, 0) is 61.2 Å². The molecule has 1 aliphatic carbocycles. The number of nitrogens with zero attached hydrogens (tertiary/aromatic N) is 1. The first-order valence-corrected chi connectivity index (χ1v) is 13.5. The topological polar surface area (TPSA) is 51.2 Å². The van der Waals surface area contributed by atoms with Crippen LogP contribution in [-0.4, -0.2) is 56.1 Å². The molecule has 4 aliphatic rings. The van der Waals surface area contributed by atoms with Gasteiger partial charge in [0, 0.05) is 34.5 Å². The smallest absolute Gasteiger partial charge is 0.134 e. The summed E-state index contributed by atoms with van der Waals surface area (Å²) in [5.74, 6) is 2.02. The first kappa shape index (κ1) is 23.4. The summed E-state index contributed by atoms with van der Waals surface area (Å²) in [7, 11) is 0. The summed E-state index contributed by atoms with van der Waals surface area (Å²) in [4.78, 5) is 2.51. The van der Waals surface area contributed by atoms with Gasteiger partial charge in [0.25, 0.3) is 0 Å². The Kier molecular flexibility index (Phi) is 6.84. The predicted molar refractivity (Wildman–Crippen MR) is 144 cm³/mol. The number of rotatable bonds is 5. The molecule has 2 fully saturated rings. The van der Waals surface area contributed by atoms with E-state index in [-0.39, 0.29) is 0 Å². The molecule has 0 bridgehead atoms. The van der Waals surface area contributed by atoms with Gasteiger partial charge in [-0.25, -0.2) is 0 Å². The van der Waals surface area contributed by atoms with Gasteiger partial charge < -0.3 is 19.3 Å². The Hall–Kier alpha value is -3.02. The Labute approximate surface area is 213 Å². The Balaban J connectivity index is 1.34. The summed E-state index contributed by atoms with van der Waals surface area (Å²) < 4.78 is 18.1. The molecule has 2 saturated heterocycles. The number of ether oxygens (including phenoxy) is 3. The number of allylic oxidation sites excluding steroid dienone is 2. The maximum Gasteiger partial charge on any atom is 0.134 e. The molecule has 2 aromatic rings. The molecule has 3 heterocycles. The van der Waals surface area contributed by atoms with E-state index < -0.39 is 0 Å². The van der Waals surface area contributed by atoms with Crippen molar-refractivity contribution in [2.45, 2.75) is 38.5 Å². The average molecular weight is 486 g/mol. The molecular formula is C31H35NO4. The number of phenols is 1. The highest BCUT2D eigenvalue weighted by Gasteiger charge is 2.25. The van der Waals surface area contributed by atoms with Crippen molar-refractivity contribution < 1.29 is 19.3 Å². The summed E-state index contributed by atoms with van der Waals surface area (Å²) >= 11 is 0. The average Bonchev–Trinajstić information content (AvgIpc) is 3.29. The standard InChI is InChI=1S/C31H35NO4/c33-30-28(23-10-12-24(13-11-23)35-20-17-32-15-3-1-2-4-16-32)25-9-6-18-36-31(25)26-8-5-7-22-14-19-34-21-27(22)29(26)30/h5,7-13,33H,1-4,6,14-21H2. The second-order valence-corrected chi connectivity index (χ2v) is 10.1. The number of aromatic hydroxyl groups is 1. The van der Waals surface area contributed by atoms with Crippen LogP contribution in [0.25, 0.3) is 28.9 Å². The second kappa shape index (κ2) is 10.5. The lowest BCUT2D eigenvalue weighted by molar-refractivity contribution is 0.159. The van der Waals surface area contributed by atoms with Gasteiger partial charge in [-0.1, -0.05) is 49.3 Å². The number of benzene rings is 2. The van der Waals surface area contributed by atoms with Gasteiger partial charge in [0.15, 0.2) is 0 Å². The molecular weight excluding hydrogens is 450 g/mol. The molecule has 188 valence electrons. The molecule has 5 nitrogen and oxygen atoms in total. The van der Waals surface area contributed by atoms with Crippen LogP contribution in [0.3, 0.4) is 0 Å². The molecule has 0 radical (unpaired) electrons. The molecule has 0 amide bonds. The highest BCUT2D eigenvalue weighted by molar-refractivity contribution is 5.84. The van der Waals surface area contributed by atoms with E-state index in [2.05, 4.69) is 41.3 Å². The third-order valence-electron chi connectivity index (χ3n) is 7.74. The van der Waals surface area contributed by atoms with Crippen LogP contribution >= 0.6 is 0 Å². The minimum absolute atomic E-state index is 0.304. The molecule has 0 saturated carbocycles. The molecule has 5 heteroatoms. The van der Waals surface area contributed by atoms with Gasteiger partial charge in [0.05, 0.1) is 19.8 Å². The van der Waals surface area contributed by atoms with Gasteiger partial charge in [-0.2, -0.15) is 0 Å². The van der Waals surface area contributed by atoms with Crippen molar-refractivity contribution >= 4 is 17.7 Å². The van der Waals surface area contributed by atoms with Crippen molar-refractivity contribution in [1.82, 2.24) is 4.90 Å². The summed E-state index contributed by atoms with van der Waals surface area (Å²) in [6, 6.07) is 8.13. The van der Waals surface area contributed by atoms with E-state index in [0.717, 1.165) is 63.6 Å². The van der Waals surface area contributed by atoms with E-state index in [1.54, 1.807) is 0 Å². The molecule has 2 aromatic carbocycles. The summed E-state index contributed by atoms with van der Waals surface area (Å²) in [6.45, 7) is 5.88. The lowest BCUT2D eigenvalue weighted by Gasteiger charge is -2.23. The van der Waals surface area contributed by atoms with Gasteiger partial charge in [0.2, 0.25) is 0 Å². The fraction of sp³-hybridized carbons (Fsp3) is 0.419. The first-order valence-electron chi connectivity index (χ1n) is 13.5. The summed E-state index contributed by atoms with van der Waals surface area (Å²) in [5, 5.41) is 13.6. The molecule has 36 heavy (non-hydrogen) atoms. The minimum atomic E-state index is 0.304. The zero-order valence-electron chi connectivity index (χ0n) is 20.9. The Morgan fingerprint density at radius 2 is 1.83 bits per heavy atom. The van der Waals surface area contributed by atoms with Gasteiger partial charge in [-0.3, -0.25) is 4.90 Å². The van der Waals surface area contributed by atoms with Crippen molar-refractivity contribution in [2.75, 3.05) is 46.1 Å². The molecule has 6 rings (SSSR count). The normalized spacial score (nSPS) is 19.6. The number of fused-ring (bicyclic) bond motifs is 4. The van der Waals surface area contributed by atoms with Crippen molar-refractivity contribution in [3.63, 3.8) is 0 Å². The largest absolute Gasteiger partial charge is 0.507 e. The first-order chi connectivity index (χ1) is 17.8. The van der Waals surface area contributed by atoms with E-state index in [4.69, 9.17) is 14.2 Å². The Morgan fingerprint density at radius 3 is 2.67 bits per heavy atom. The van der Waals surface area contributed by atoms with Crippen LogP contribution in [0.5, 0.6) is 17.2 Å². The van der Waals surface area contributed by atoms with Crippen LogP contribution in [0.4, 0.5) is 0 Å². The van der Waals surface area contributed by atoms with Crippen molar-refractivity contribution in [2.24, 2.45) is 0 Å². The fourth-order valence-electron chi connectivity index (χ4n) is 5.87. The lowest BCUT2D eigenvalue weighted by atomic mass is 9.91. The van der Waals surface area contributed by atoms with Gasteiger partial charge in [0.1, 0.15) is 23.9 Å². The molecule has 3 aliphatic heterocycles. The van der Waals surface area contributed by atoms with Crippen LogP contribution in [0, 0.1) is 0 Å². The molecule has 0 unspecified atom stereocenters. The van der Waals surface area contributed by atoms with Crippen LogP contribution in [0.1, 0.15) is 44.1 Å². The molecule has 0 atom stereocenters. The maximum atomic E-state index is 11.7. The van der Waals surface area contributed by atoms with E-state index in [1.165, 1.54) is 44.3 Å². The van der Waals surface area contributed by atoms with Crippen LogP contribution < -0.4 is 19.9 Å². The van der Waals surface area contributed by atoms with Crippen LogP contribution in [0.2, 0.25) is 0 Å². The monoisotopic (exact) mass is 485 g/mol. The van der Waals surface area contributed by atoms with Crippen molar-refractivity contribution in [3.8, 4) is 28.4 Å². The van der Waals surface area contributed by atoms with Crippen LogP contribution in [-0.2, 0) is 4.74 Å². The number of hydrogen-bond donors (Lipinski definition) is 1. The van der Waals surface area contributed by atoms with E-state index in [9.17, 15) is 5.11 Å². The van der Waals surface area contributed by atoms with Crippen LogP contribution in [0.15, 0.2) is 42.0 Å². The molecule has 1 N–H and O–H groups in total. The SMILES string of the molecule is Oc1c(-c2ccc(OCCN3CCCCCC3)cc2)c2c(c3c1=C1COCCC1=CC=C3)OCCC=2. The zero-order chi connectivity index (χ0) is 24.3. The highest BCUT2D eigenvalue weighted by Crippen LogP contribution is 2.34. The third-order valence-corrected chi connectivity index (χ3v) is 7.74. The minimum Gasteiger partial charge on any atom is -0.507 e. The Morgan fingerprint density at radius 1 is 1.00 bits per heavy atom. The summed E-state index contributed by atoms with van der Waals surface area (Å²) in [6.07, 6.45) is 15.4. The van der Waals surface area contributed by atoms with E-state index >= 15 is 0 Å². The van der Waals surface area contributed by atoms with Gasteiger partial charge in [-0.15, -0.1) is 0 Å². The van der Waals surface area contributed by atoms with E-state index in [0.29, 0.717) is 32.2 Å². The van der Waals surface area contributed by atoms with Crippen molar-refractivity contribution in [3.05, 3.63) is 58.0 Å². The quantitative estimate of drug-likeness (QED) is 0.680. The summed E-state index contributed by atoms with van der Waals surface area (Å²) in [5.41, 5.74) is 5.02. The highest BCUT2D eigenvalue weighted by atomic mass is 16.5. The number of phenolic OH excluding ortho intramolecular Hbond substituents is 1. The van der Waals surface area contributed by atoms with Gasteiger partial charge >= 0.3 is 0 Å². The Bertz CT molecular complexity index is 1300. The fourth-order valence-corrected chi connectivity index (χ4v) is 5.87. The molecule has 0 spiro atoms. The van der Waals surface area contributed by atoms with Crippen molar-refractivity contribution in [1.29, 1.82) is 0 Å². The number of likely N-dealkylation sites (tertiary alicyclic amines) is 1. The number of hydrogen-bond acceptors (Lipinski definition) is 5.